The molecule has 0 spiro atoms. The number of benzene rings is 1. The largest absolute Gasteiger partial charge is 0.378 e. The summed E-state index contributed by atoms with van der Waals surface area (Å²) in [6.45, 7) is 0.868. The number of rotatable bonds is 4. The summed E-state index contributed by atoms with van der Waals surface area (Å²) in [5, 5.41) is 0. The fraction of sp³-hybridized carbons (Fsp3) is 0.538. The molecule has 0 radical (unpaired) electrons. The highest BCUT2D eigenvalue weighted by atomic mass is 79.9. The minimum Gasteiger partial charge on any atom is -0.378 e. The third kappa shape index (κ3) is 3.50. The first kappa shape index (κ1) is 13.0. The van der Waals surface area contributed by atoms with Crippen molar-refractivity contribution in [2.75, 3.05) is 6.61 Å². The van der Waals surface area contributed by atoms with Gasteiger partial charge in [0.15, 0.2) is 0 Å². The van der Waals surface area contributed by atoms with Crippen LogP contribution in [0.4, 0.5) is 4.39 Å². The van der Waals surface area contributed by atoms with Gasteiger partial charge in [-0.2, -0.15) is 0 Å². The molecule has 17 heavy (non-hydrogen) atoms. The first-order valence-corrected chi connectivity index (χ1v) is 6.78. The Morgan fingerprint density at radius 2 is 2.35 bits per heavy atom. The van der Waals surface area contributed by atoms with Crippen molar-refractivity contribution in [3.63, 3.8) is 0 Å². The molecule has 1 aliphatic rings. The highest BCUT2D eigenvalue weighted by molar-refractivity contribution is 9.10. The van der Waals surface area contributed by atoms with E-state index in [1.54, 1.807) is 6.07 Å². The lowest BCUT2D eigenvalue weighted by Gasteiger charge is -2.15. The molecule has 94 valence electrons. The zero-order chi connectivity index (χ0) is 12.3. The van der Waals surface area contributed by atoms with Crippen molar-refractivity contribution < 1.29 is 9.13 Å². The Balaban J connectivity index is 1.89. The molecule has 0 aromatic heterocycles. The van der Waals surface area contributed by atoms with E-state index >= 15 is 0 Å². The van der Waals surface area contributed by atoms with Crippen LogP contribution in [0.2, 0.25) is 0 Å². The molecule has 2 atom stereocenters. The molecule has 4 heteroatoms. The lowest BCUT2D eigenvalue weighted by molar-refractivity contribution is 0.101. The van der Waals surface area contributed by atoms with Gasteiger partial charge in [0.05, 0.1) is 10.6 Å². The smallest absolute Gasteiger partial charge is 0.137 e. The van der Waals surface area contributed by atoms with E-state index in [2.05, 4.69) is 15.9 Å². The molecule has 2 unspecified atom stereocenters. The van der Waals surface area contributed by atoms with Gasteiger partial charge in [-0.3, -0.25) is 0 Å². The van der Waals surface area contributed by atoms with E-state index in [0.717, 1.165) is 37.9 Å². The fourth-order valence-electron chi connectivity index (χ4n) is 2.15. The fourth-order valence-corrected chi connectivity index (χ4v) is 2.39. The lowest BCUT2D eigenvalue weighted by atomic mass is 10.00. The summed E-state index contributed by atoms with van der Waals surface area (Å²) in [6.07, 6.45) is 4.42. The van der Waals surface area contributed by atoms with Crippen LogP contribution in [-0.2, 0) is 4.74 Å². The molecular formula is C13H17BrFNO. The number of hydrogen-bond acceptors (Lipinski definition) is 2. The Hall–Kier alpha value is -0.450. The van der Waals surface area contributed by atoms with Crippen molar-refractivity contribution in [1.82, 2.24) is 0 Å². The summed E-state index contributed by atoms with van der Waals surface area (Å²) in [7, 11) is 0. The van der Waals surface area contributed by atoms with Gasteiger partial charge in [-0.1, -0.05) is 6.07 Å². The van der Waals surface area contributed by atoms with Crippen LogP contribution in [-0.4, -0.2) is 12.7 Å². The summed E-state index contributed by atoms with van der Waals surface area (Å²) in [5.74, 6) is -0.255. The second-order valence-electron chi connectivity index (χ2n) is 4.49. The van der Waals surface area contributed by atoms with E-state index in [9.17, 15) is 4.39 Å². The van der Waals surface area contributed by atoms with Crippen molar-refractivity contribution in [3.05, 3.63) is 34.1 Å². The molecule has 0 bridgehead atoms. The predicted molar refractivity (Wildman–Crippen MR) is 69.2 cm³/mol. The van der Waals surface area contributed by atoms with Crippen molar-refractivity contribution in [2.45, 2.75) is 37.8 Å². The van der Waals surface area contributed by atoms with Crippen molar-refractivity contribution in [1.29, 1.82) is 0 Å². The van der Waals surface area contributed by atoms with Crippen LogP contribution in [0.25, 0.3) is 0 Å². The molecular weight excluding hydrogens is 285 g/mol. The molecule has 2 nitrogen and oxygen atoms in total. The average molecular weight is 302 g/mol. The molecule has 1 saturated heterocycles. The summed E-state index contributed by atoms with van der Waals surface area (Å²) < 4.78 is 19.4. The van der Waals surface area contributed by atoms with E-state index in [0.29, 0.717) is 10.6 Å². The number of nitrogens with two attached hydrogens (primary N) is 1. The molecule has 1 aromatic carbocycles. The average Bonchev–Trinajstić information content (AvgIpc) is 2.82. The normalized spacial score (nSPS) is 21.7. The van der Waals surface area contributed by atoms with Gasteiger partial charge in [0.2, 0.25) is 0 Å². The van der Waals surface area contributed by atoms with Crippen LogP contribution < -0.4 is 5.73 Å². The molecule has 1 aromatic rings. The molecule has 0 saturated carbocycles. The summed E-state index contributed by atoms with van der Waals surface area (Å²) in [5.41, 5.74) is 6.91. The van der Waals surface area contributed by atoms with Gasteiger partial charge in [0.1, 0.15) is 5.82 Å². The van der Waals surface area contributed by atoms with E-state index in [4.69, 9.17) is 10.5 Å². The second-order valence-corrected chi connectivity index (χ2v) is 5.35. The minimum atomic E-state index is -0.255. The van der Waals surface area contributed by atoms with Gasteiger partial charge in [0.25, 0.3) is 0 Å². The standard InChI is InChI=1S/C13H17BrFNO/c14-11-5-3-9(8-12(11)15)13(16)6-4-10-2-1-7-17-10/h3,5,8,10,13H,1-2,4,6-7,16H2. The number of halogens is 2. The van der Waals surface area contributed by atoms with Crippen LogP contribution >= 0.6 is 15.9 Å². The molecule has 1 heterocycles. The summed E-state index contributed by atoms with van der Waals surface area (Å²) in [4.78, 5) is 0. The van der Waals surface area contributed by atoms with Crippen molar-refractivity contribution >= 4 is 15.9 Å². The molecule has 1 aliphatic heterocycles. The first-order chi connectivity index (χ1) is 8.16. The highest BCUT2D eigenvalue weighted by Crippen LogP contribution is 2.25. The SMILES string of the molecule is NC(CCC1CCCO1)c1ccc(Br)c(F)c1. The third-order valence-corrected chi connectivity index (χ3v) is 3.84. The zero-order valence-electron chi connectivity index (χ0n) is 9.66. The topological polar surface area (TPSA) is 35.2 Å². The van der Waals surface area contributed by atoms with Gasteiger partial charge in [-0.25, -0.2) is 4.39 Å². The van der Waals surface area contributed by atoms with Gasteiger partial charge in [0, 0.05) is 12.6 Å². The van der Waals surface area contributed by atoms with Gasteiger partial charge in [-0.15, -0.1) is 0 Å². The molecule has 0 amide bonds. The van der Waals surface area contributed by atoms with Crippen molar-refractivity contribution in [3.8, 4) is 0 Å². The summed E-state index contributed by atoms with van der Waals surface area (Å²) >= 11 is 3.14. The van der Waals surface area contributed by atoms with E-state index in [1.165, 1.54) is 6.07 Å². The predicted octanol–water partition coefficient (Wildman–Crippen LogP) is 3.55. The minimum absolute atomic E-state index is 0.109. The summed E-state index contributed by atoms with van der Waals surface area (Å²) in [6, 6.07) is 4.97. The molecule has 1 fully saturated rings. The Morgan fingerprint density at radius 3 is 3.00 bits per heavy atom. The Bertz CT molecular complexity index is 380. The second kappa shape index (κ2) is 5.94. The maximum absolute atomic E-state index is 13.4. The Morgan fingerprint density at radius 1 is 1.53 bits per heavy atom. The van der Waals surface area contributed by atoms with Gasteiger partial charge >= 0.3 is 0 Å². The van der Waals surface area contributed by atoms with Gasteiger partial charge < -0.3 is 10.5 Å². The first-order valence-electron chi connectivity index (χ1n) is 5.99. The zero-order valence-corrected chi connectivity index (χ0v) is 11.2. The van der Waals surface area contributed by atoms with Crippen molar-refractivity contribution in [2.24, 2.45) is 5.73 Å². The monoisotopic (exact) mass is 301 g/mol. The maximum atomic E-state index is 13.4. The van der Waals surface area contributed by atoms with E-state index < -0.39 is 0 Å². The quantitative estimate of drug-likeness (QED) is 0.923. The molecule has 2 N–H and O–H groups in total. The van der Waals surface area contributed by atoms with E-state index in [1.807, 2.05) is 6.07 Å². The van der Waals surface area contributed by atoms with Crippen LogP contribution in [0.5, 0.6) is 0 Å². The van der Waals surface area contributed by atoms with Crippen LogP contribution in [0, 0.1) is 5.82 Å². The number of ether oxygens (including phenoxy) is 1. The van der Waals surface area contributed by atoms with Crippen LogP contribution in [0.15, 0.2) is 22.7 Å². The van der Waals surface area contributed by atoms with E-state index in [-0.39, 0.29) is 11.9 Å². The molecule has 2 rings (SSSR count). The third-order valence-electron chi connectivity index (χ3n) is 3.20. The van der Waals surface area contributed by atoms with Crippen LogP contribution in [0.1, 0.15) is 37.3 Å². The van der Waals surface area contributed by atoms with Crippen LogP contribution in [0.3, 0.4) is 0 Å². The Kier molecular flexibility index (Phi) is 4.54. The Labute approximate surface area is 109 Å². The maximum Gasteiger partial charge on any atom is 0.137 e. The lowest BCUT2D eigenvalue weighted by Crippen LogP contribution is -2.14. The highest BCUT2D eigenvalue weighted by Gasteiger charge is 2.17. The molecule has 0 aliphatic carbocycles. The van der Waals surface area contributed by atoms with Gasteiger partial charge in [-0.05, 0) is 59.3 Å². The number of hydrogen-bond donors (Lipinski definition) is 1.